The minimum atomic E-state index is -0.330. The third-order valence-electron chi connectivity index (χ3n) is 3.95. The quantitative estimate of drug-likeness (QED) is 0.711. The first-order chi connectivity index (χ1) is 12.5. The van der Waals surface area contributed by atoms with E-state index in [2.05, 4.69) is 20.5 Å². The Morgan fingerprint density at radius 2 is 1.81 bits per heavy atom. The van der Waals surface area contributed by atoms with Gasteiger partial charge in [-0.05, 0) is 61.4 Å². The average molecular weight is 352 g/mol. The van der Waals surface area contributed by atoms with Crippen molar-refractivity contribution in [1.82, 2.24) is 15.2 Å². The van der Waals surface area contributed by atoms with Gasteiger partial charge in [-0.3, -0.25) is 15.2 Å². The molecule has 3 rings (SSSR count). The molecule has 2 N–H and O–H groups in total. The van der Waals surface area contributed by atoms with Gasteiger partial charge in [0, 0.05) is 5.56 Å². The molecule has 3 aromatic rings. The van der Waals surface area contributed by atoms with Crippen molar-refractivity contribution in [3.05, 3.63) is 53.6 Å². The van der Waals surface area contributed by atoms with E-state index in [-0.39, 0.29) is 18.5 Å². The molecular weight excluding hydrogens is 332 g/mol. The summed E-state index contributed by atoms with van der Waals surface area (Å²) in [6.45, 7) is 3.90. The fourth-order valence-corrected chi connectivity index (χ4v) is 2.31. The van der Waals surface area contributed by atoms with Gasteiger partial charge in [0.15, 0.2) is 12.4 Å². The van der Waals surface area contributed by atoms with E-state index in [0.29, 0.717) is 11.6 Å². The summed E-state index contributed by atoms with van der Waals surface area (Å²) >= 11 is 0. The van der Waals surface area contributed by atoms with E-state index in [1.54, 1.807) is 7.11 Å². The van der Waals surface area contributed by atoms with Crippen molar-refractivity contribution in [2.24, 2.45) is 0 Å². The number of aryl methyl sites for hydroxylation is 2. The first-order valence-electron chi connectivity index (χ1n) is 8.12. The number of aromatic amines is 1. The van der Waals surface area contributed by atoms with Crippen molar-refractivity contribution in [2.45, 2.75) is 13.8 Å². The number of rotatable bonds is 6. The molecule has 0 unspecified atom stereocenters. The van der Waals surface area contributed by atoms with Crippen LogP contribution < -0.4 is 14.8 Å². The summed E-state index contributed by atoms with van der Waals surface area (Å²) in [5, 5.41) is 9.40. The molecule has 0 radical (unpaired) electrons. The zero-order valence-corrected chi connectivity index (χ0v) is 14.9. The predicted octanol–water partition coefficient (Wildman–Crippen LogP) is 3.11. The van der Waals surface area contributed by atoms with Crippen LogP contribution >= 0.6 is 0 Å². The second kappa shape index (κ2) is 7.69. The van der Waals surface area contributed by atoms with Gasteiger partial charge in [-0.1, -0.05) is 6.07 Å². The molecular formula is C19H20N4O3. The van der Waals surface area contributed by atoms with Gasteiger partial charge in [0.25, 0.3) is 5.91 Å². The highest BCUT2D eigenvalue weighted by atomic mass is 16.5. The van der Waals surface area contributed by atoms with Crippen molar-refractivity contribution >= 4 is 11.9 Å². The summed E-state index contributed by atoms with van der Waals surface area (Å²) in [5.74, 6) is 1.83. The maximum absolute atomic E-state index is 12.0. The molecule has 1 heterocycles. The van der Waals surface area contributed by atoms with E-state index in [9.17, 15) is 4.79 Å². The molecule has 0 bridgehead atoms. The lowest BCUT2D eigenvalue weighted by atomic mass is 10.1. The second-order valence-corrected chi connectivity index (χ2v) is 5.82. The van der Waals surface area contributed by atoms with Crippen LogP contribution in [-0.4, -0.2) is 34.8 Å². The van der Waals surface area contributed by atoms with Crippen molar-refractivity contribution in [3.63, 3.8) is 0 Å². The zero-order valence-electron chi connectivity index (χ0n) is 14.9. The van der Waals surface area contributed by atoms with Crippen LogP contribution in [0.25, 0.3) is 11.4 Å². The van der Waals surface area contributed by atoms with Crippen LogP contribution in [0.5, 0.6) is 11.5 Å². The fraction of sp³-hybridized carbons (Fsp3) is 0.211. The number of carbonyl (C=O) groups excluding carboxylic acids is 1. The number of H-pyrrole nitrogens is 1. The maximum atomic E-state index is 12.0. The van der Waals surface area contributed by atoms with E-state index in [4.69, 9.17) is 9.47 Å². The van der Waals surface area contributed by atoms with Gasteiger partial charge in [-0.15, -0.1) is 5.10 Å². The largest absolute Gasteiger partial charge is 0.497 e. The maximum Gasteiger partial charge on any atom is 0.264 e. The monoisotopic (exact) mass is 352 g/mol. The van der Waals surface area contributed by atoms with Crippen LogP contribution in [0.4, 0.5) is 5.95 Å². The van der Waals surface area contributed by atoms with Gasteiger partial charge < -0.3 is 9.47 Å². The molecule has 7 nitrogen and oxygen atoms in total. The van der Waals surface area contributed by atoms with Gasteiger partial charge in [0.2, 0.25) is 5.95 Å². The van der Waals surface area contributed by atoms with Crippen LogP contribution in [-0.2, 0) is 4.79 Å². The molecule has 0 aliphatic heterocycles. The van der Waals surface area contributed by atoms with Crippen molar-refractivity contribution in [1.29, 1.82) is 0 Å². The Hall–Kier alpha value is -3.35. The summed E-state index contributed by atoms with van der Waals surface area (Å²) in [6, 6.07) is 13.1. The Balaban J connectivity index is 1.57. The summed E-state index contributed by atoms with van der Waals surface area (Å²) in [5.41, 5.74) is 3.12. The normalized spacial score (nSPS) is 10.4. The number of aromatic nitrogens is 3. The Morgan fingerprint density at radius 1 is 1.08 bits per heavy atom. The number of nitrogens with zero attached hydrogens (tertiary/aromatic N) is 2. The lowest BCUT2D eigenvalue weighted by Crippen LogP contribution is -2.20. The van der Waals surface area contributed by atoms with Gasteiger partial charge in [0.1, 0.15) is 11.5 Å². The topological polar surface area (TPSA) is 89.1 Å². The predicted molar refractivity (Wildman–Crippen MR) is 98.4 cm³/mol. The number of anilines is 1. The number of methoxy groups -OCH3 is 1. The first kappa shape index (κ1) is 17.5. The summed E-state index contributed by atoms with van der Waals surface area (Å²) in [7, 11) is 1.61. The minimum Gasteiger partial charge on any atom is -0.497 e. The van der Waals surface area contributed by atoms with Gasteiger partial charge >= 0.3 is 0 Å². The Morgan fingerprint density at radius 3 is 2.50 bits per heavy atom. The molecule has 2 aromatic carbocycles. The van der Waals surface area contributed by atoms with Crippen LogP contribution in [0, 0.1) is 13.8 Å². The Labute approximate surface area is 151 Å². The van der Waals surface area contributed by atoms with Gasteiger partial charge in [-0.2, -0.15) is 4.98 Å². The lowest BCUT2D eigenvalue weighted by Gasteiger charge is -2.07. The summed E-state index contributed by atoms with van der Waals surface area (Å²) in [6.07, 6.45) is 0. The van der Waals surface area contributed by atoms with Crippen LogP contribution in [0.2, 0.25) is 0 Å². The molecule has 0 fully saturated rings. The highest BCUT2D eigenvalue weighted by molar-refractivity contribution is 5.90. The van der Waals surface area contributed by atoms with Crippen molar-refractivity contribution in [3.8, 4) is 22.9 Å². The average Bonchev–Trinajstić information content (AvgIpc) is 3.11. The molecule has 7 heteroatoms. The second-order valence-electron chi connectivity index (χ2n) is 5.82. The van der Waals surface area contributed by atoms with Crippen LogP contribution in [0.15, 0.2) is 42.5 Å². The molecule has 0 atom stereocenters. The Bertz CT molecular complexity index is 903. The van der Waals surface area contributed by atoms with E-state index in [1.807, 2.05) is 56.3 Å². The third-order valence-corrected chi connectivity index (χ3v) is 3.95. The van der Waals surface area contributed by atoms with Crippen molar-refractivity contribution in [2.75, 3.05) is 19.0 Å². The smallest absolute Gasteiger partial charge is 0.264 e. The van der Waals surface area contributed by atoms with Gasteiger partial charge in [0.05, 0.1) is 7.11 Å². The first-order valence-corrected chi connectivity index (χ1v) is 8.12. The molecule has 0 aliphatic carbocycles. The zero-order chi connectivity index (χ0) is 18.5. The van der Waals surface area contributed by atoms with E-state index < -0.39 is 0 Å². The molecule has 0 aliphatic rings. The number of hydrogen-bond donors (Lipinski definition) is 2. The SMILES string of the molecule is COc1ccc(-c2nc(NC(=O)COc3ccc(C)c(C)c3)n[nH]2)cc1. The standard InChI is InChI=1S/C19H20N4O3/c1-12-4-7-16(10-13(12)2)26-11-17(24)20-19-21-18(22-23-19)14-5-8-15(25-3)9-6-14/h4-10H,11H2,1-3H3,(H2,20,21,22,23,24). The Kier molecular flexibility index (Phi) is 5.17. The molecule has 0 saturated carbocycles. The number of benzene rings is 2. The van der Waals surface area contributed by atoms with Crippen LogP contribution in [0.1, 0.15) is 11.1 Å². The molecule has 1 amide bonds. The van der Waals surface area contributed by atoms with E-state index in [0.717, 1.165) is 16.9 Å². The van der Waals surface area contributed by atoms with E-state index >= 15 is 0 Å². The van der Waals surface area contributed by atoms with Crippen LogP contribution in [0.3, 0.4) is 0 Å². The van der Waals surface area contributed by atoms with Gasteiger partial charge in [-0.25, -0.2) is 0 Å². The number of amides is 1. The molecule has 0 saturated heterocycles. The number of hydrogen-bond acceptors (Lipinski definition) is 5. The highest BCUT2D eigenvalue weighted by Gasteiger charge is 2.10. The molecule has 1 aromatic heterocycles. The number of nitrogens with one attached hydrogen (secondary N) is 2. The number of ether oxygens (including phenoxy) is 2. The van der Waals surface area contributed by atoms with Crippen molar-refractivity contribution < 1.29 is 14.3 Å². The van der Waals surface area contributed by atoms with E-state index in [1.165, 1.54) is 5.56 Å². The summed E-state index contributed by atoms with van der Waals surface area (Å²) in [4.78, 5) is 16.3. The molecule has 26 heavy (non-hydrogen) atoms. The fourth-order valence-electron chi connectivity index (χ4n) is 2.31. The highest BCUT2D eigenvalue weighted by Crippen LogP contribution is 2.20. The summed E-state index contributed by atoms with van der Waals surface area (Å²) < 4.78 is 10.6. The third kappa shape index (κ3) is 4.18. The molecule has 134 valence electrons. The number of carbonyl (C=O) groups is 1. The lowest BCUT2D eigenvalue weighted by molar-refractivity contribution is -0.118. The molecule has 0 spiro atoms. The minimum absolute atomic E-state index is 0.116.